The molecule has 2 N–H and O–H groups in total. The highest BCUT2D eigenvalue weighted by atomic mass is 19.1. The minimum absolute atomic E-state index is 0.0349. The van der Waals surface area contributed by atoms with Gasteiger partial charge in [0.05, 0.1) is 18.4 Å². The molecular weight excluding hydrogens is 433 g/mol. The van der Waals surface area contributed by atoms with Gasteiger partial charge in [0.25, 0.3) is 5.91 Å². The molecule has 2 fully saturated rings. The predicted octanol–water partition coefficient (Wildman–Crippen LogP) is 4.00. The maximum Gasteiger partial charge on any atom is 0.274 e. The van der Waals surface area contributed by atoms with E-state index in [0.29, 0.717) is 35.9 Å². The summed E-state index contributed by atoms with van der Waals surface area (Å²) >= 11 is 0. The molecule has 0 spiro atoms. The number of carbonyl (C=O) groups excluding carboxylic acids is 1. The molecule has 1 amide bonds. The first-order chi connectivity index (χ1) is 16.5. The summed E-state index contributed by atoms with van der Waals surface area (Å²) in [4.78, 5) is 20.2. The van der Waals surface area contributed by atoms with E-state index in [4.69, 9.17) is 20.7 Å². The summed E-state index contributed by atoms with van der Waals surface area (Å²) in [5, 5.41) is 9.15. The smallest absolute Gasteiger partial charge is 0.274 e. The van der Waals surface area contributed by atoms with E-state index in [-0.39, 0.29) is 23.4 Å². The molecule has 1 aromatic heterocycles. The third kappa shape index (κ3) is 4.03. The molecule has 0 bridgehead atoms. The van der Waals surface area contributed by atoms with E-state index < -0.39 is 5.82 Å². The van der Waals surface area contributed by atoms with Gasteiger partial charge in [0.15, 0.2) is 5.69 Å². The Morgan fingerprint density at radius 1 is 1.21 bits per heavy atom. The van der Waals surface area contributed by atoms with E-state index in [0.717, 1.165) is 37.1 Å². The second kappa shape index (κ2) is 8.92. The highest BCUT2D eigenvalue weighted by Gasteiger charge is 2.37. The van der Waals surface area contributed by atoms with Crippen molar-refractivity contribution in [2.75, 3.05) is 20.2 Å². The lowest BCUT2D eigenvalue weighted by molar-refractivity contribution is 0.0702. The number of halogens is 1. The standard InChI is InChI=1S/C26H26FN5O2/c1-34-21-10-8-20(9-11-21)32-24(16-4-5-16)23(26(33)31-12-2-3-19(29)15-31)30-25(32)17-6-7-18(14-28)22(27)13-17/h6-11,13,16,19H,2-5,12,15,29H2,1H3/t19-/m0/s1. The Kier molecular flexibility index (Phi) is 5.80. The zero-order valence-electron chi connectivity index (χ0n) is 19.0. The largest absolute Gasteiger partial charge is 0.497 e. The van der Waals surface area contributed by atoms with Crippen molar-refractivity contribution in [3.8, 4) is 28.9 Å². The van der Waals surface area contributed by atoms with Gasteiger partial charge in [0.1, 0.15) is 23.5 Å². The first-order valence-electron chi connectivity index (χ1n) is 11.5. The van der Waals surface area contributed by atoms with Gasteiger partial charge in [0.2, 0.25) is 0 Å². The fourth-order valence-corrected chi connectivity index (χ4v) is 4.60. The lowest BCUT2D eigenvalue weighted by atomic mass is 10.1. The summed E-state index contributed by atoms with van der Waals surface area (Å²) in [6.07, 6.45) is 3.68. The Morgan fingerprint density at radius 2 is 1.97 bits per heavy atom. The number of likely N-dealkylation sites (tertiary alicyclic amines) is 1. The van der Waals surface area contributed by atoms with E-state index in [2.05, 4.69) is 0 Å². The van der Waals surface area contributed by atoms with Crippen molar-refractivity contribution in [1.82, 2.24) is 14.5 Å². The van der Waals surface area contributed by atoms with Crippen LogP contribution in [-0.4, -0.2) is 46.6 Å². The van der Waals surface area contributed by atoms with Crippen LogP contribution in [0.2, 0.25) is 0 Å². The molecule has 2 heterocycles. The zero-order chi connectivity index (χ0) is 23.8. The molecule has 1 saturated carbocycles. The van der Waals surface area contributed by atoms with Gasteiger partial charge in [-0.25, -0.2) is 9.37 Å². The highest BCUT2D eigenvalue weighted by Crippen LogP contribution is 2.45. The van der Waals surface area contributed by atoms with Crippen LogP contribution in [0, 0.1) is 17.1 Å². The Bertz CT molecular complexity index is 1270. The van der Waals surface area contributed by atoms with Crippen molar-refractivity contribution in [1.29, 1.82) is 5.26 Å². The van der Waals surface area contributed by atoms with Crippen LogP contribution in [0.4, 0.5) is 4.39 Å². The SMILES string of the molecule is COc1ccc(-n2c(-c3ccc(C#N)c(F)c3)nc(C(=O)N3CCC[C@H](N)C3)c2C2CC2)cc1. The number of amides is 1. The van der Waals surface area contributed by atoms with Crippen LogP contribution in [0.5, 0.6) is 5.75 Å². The molecule has 34 heavy (non-hydrogen) atoms. The maximum atomic E-state index is 14.6. The second-order valence-corrected chi connectivity index (χ2v) is 8.94. The highest BCUT2D eigenvalue weighted by molar-refractivity contribution is 5.95. The monoisotopic (exact) mass is 459 g/mol. The Balaban J connectivity index is 1.69. The minimum atomic E-state index is -0.618. The van der Waals surface area contributed by atoms with Crippen molar-refractivity contribution in [2.24, 2.45) is 5.73 Å². The van der Waals surface area contributed by atoms with Crippen molar-refractivity contribution >= 4 is 5.91 Å². The number of hydrogen-bond donors (Lipinski definition) is 1. The Labute approximate surface area is 197 Å². The second-order valence-electron chi connectivity index (χ2n) is 8.94. The van der Waals surface area contributed by atoms with Crippen molar-refractivity contribution in [3.05, 3.63) is 65.2 Å². The van der Waals surface area contributed by atoms with E-state index in [1.165, 1.54) is 12.1 Å². The lowest BCUT2D eigenvalue weighted by Gasteiger charge is -2.30. The number of hydrogen-bond acceptors (Lipinski definition) is 5. The van der Waals surface area contributed by atoms with Crippen molar-refractivity contribution in [3.63, 3.8) is 0 Å². The molecule has 1 saturated heterocycles. The van der Waals surface area contributed by atoms with Crippen LogP contribution in [0.25, 0.3) is 17.1 Å². The minimum Gasteiger partial charge on any atom is -0.497 e. The molecule has 0 radical (unpaired) electrons. The number of imidazole rings is 1. The van der Waals surface area contributed by atoms with Gasteiger partial charge < -0.3 is 15.4 Å². The fourth-order valence-electron chi connectivity index (χ4n) is 4.60. The van der Waals surface area contributed by atoms with Gasteiger partial charge in [-0.3, -0.25) is 9.36 Å². The molecule has 2 aromatic carbocycles. The summed E-state index contributed by atoms with van der Waals surface area (Å²) in [5.74, 6) is 0.623. The Morgan fingerprint density at radius 3 is 2.59 bits per heavy atom. The van der Waals surface area contributed by atoms with Crippen LogP contribution >= 0.6 is 0 Å². The van der Waals surface area contributed by atoms with Gasteiger partial charge in [-0.2, -0.15) is 5.26 Å². The van der Waals surface area contributed by atoms with Gasteiger partial charge in [0, 0.05) is 36.3 Å². The molecule has 8 heteroatoms. The van der Waals surface area contributed by atoms with Gasteiger partial charge in [-0.15, -0.1) is 0 Å². The van der Waals surface area contributed by atoms with Crippen LogP contribution < -0.4 is 10.5 Å². The summed E-state index contributed by atoms with van der Waals surface area (Å²) in [6, 6.07) is 13.7. The molecule has 3 aromatic rings. The van der Waals surface area contributed by atoms with E-state index in [1.807, 2.05) is 34.9 Å². The summed E-state index contributed by atoms with van der Waals surface area (Å²) < 4.78 is 21.8. The first kappa shape index (κ1) is 22.1. The molecule has 1 aliphatic carbocycles. The third-order valence-corrected chi connectivity index (χ3v) is 6.50. The molecule has 5 rings (SSSR count). The number of carbonyl (C=O) groups is 1. The topological polar surface area (TPSA) is 97.2 Å². The zero-order valence-corrected chi connectivity index (χ0v) is 19.0. The quantitative estimate of drug-likeness (QED) is 0.622. The third-order valence-electron chi connectivity index (χ3n) is 6.50. The molecular formula is C26H26FN5O2. The van der Waals surface area contributed by atoms with Gasteiger partial charge in [-0.05, 0) is 68.1 Å². The lowest BCUT2D eigenvalue weighted by Crippen LogP contribution is -2.46. The fraction of sp³-hybridized carbons (Fsp3) is 0.346. The molecule has 174 valence electrons. The number of aromatic nitrogens is 2. The van der Waals surface area contributed by atoms with Crippen LogP contribution in [0.15, 0.2) is 42.5 Å². The maximum absolute atomic E-state index is 14.6. The normalized spacial score (nSPS) is 17.9. The van der Waals surface area contributed by atoms with Gasteiger partial charge >= 0.3 is 0 Å². The van der Waals surface area contributed by atoms with Crippen molar-refractivity contribution < 1.29 is 13.9 Å². The number of rotatable bonds is 5. The number of methoxy groups -OCH3 is 1. The average molecular weight is 460 g/mol. The molecule has 0 unspecified atom stereocenters. The average Bonchev–Trinajstić information content (AvgIpc) is 3.62. The van der Waals surface area contributed by atoms with Crippen LogP contribution in [0.3, 0.4) is 0 Å². The number of piperidine rings is 1. The number of benzene rings is 2. The van der Waals surface area contributed by atoms with Crippen LogP contribution in [-0.2, 0) is 0 Å². The predicted molar refractivity (Wildman–Crippen MR) is 125 cm³/mol. The number of nitriles is 1. The van der Waals surface area contributed by atoms with E-state index in [9.17, 15) is 9.18 Å². The Hall–Kier alpha value is -3.70. The number of nitrogens with two attached hydrogens (primary N) is 1. The molecule has 2 aliphatic rings. The summed E-state index contributed by atoms with van der Waals surface area (Å²) in [5.41, 5.74) is 8.66. The molecule has 7 nitrogen and oxygen atoms in total. The number of ether oxygens (including phenoxy) is 1. The van der Waals surface area contributed by atoms with Crippen LogP contribution in [0.1, 0.15) is 53.3 Å². The summed E-state index contributed by atoms with van der Waals surface area (Å²) in [6.45, 7) is 1.14. The van der Waals surface area contributed by atoms with E-state index >= 15 is 0 Å². The van der Waals surface area contributed by atoms with Gasteiger partial charge in [-0.1, -0.05) is 0 Å². The summed E-state index contributed by atoms with van der Waals surface area (Å²) in [7, 11) is 1.60. The van der Waals surface area contributed by atoms with Crippen molar-refractivity contribution in [2.45, 2.75) is 37.6 Å². The molecule has 1 aliphatic heterocycles. The molecule has 1 atom stereocenters. The number of nitrogens with zero attached hydrogens (tertiary/aromatic N) is 4. The first-order valence-corrected chi connectivity index (χ1v) is 11.5. The van der Waals surface area contributed by atoms with E-state index in [1.54, 1.807) is 18.1 Å².